The average Bonchev–Trinajstić information content (AvgIpc) is 2.56. The van der Waals surface area contributed by atoms with Crippen LogP contribution in [-0.4, -0.2) is 9.55 Å². The second-order valence-electron chi connectivity index (χ2n) is 4.35. The minimum absolute atomic E-state index is 0.0998. The lowest BCUT2D eigenvalue weighted by molar-refractivity contribution is 0.479. The molecule has 1 aromatic carbocycles. The molecule has 1 heterocycles. The van der Waals surface area contributed by atoms with Crippen LogP contribution in [0.15, 0.2) is 12.1 Å². The number of nitrogens with zero attached hydrogens (tertiary/aromatic N) is 2. The molecule has 2 rings (SSSR count). The van der Waals surface area contributed by atoms with Gasteiger partial charge in [0.15, 0.2) is 0 Å². The average molecular weight is 256 g/mol. The molecule has 0 amide bonds. The molecule has 1 aromatic heterocycles. The van der Waals surface area contributed by atoms with Gasteiger partial charge in [-0.2, -0.15) is 0 Å². The number of nitrogens with two attached hydrogens (primary N) is 1. The molecule has 1 unspecified atom stereocenters. The van der Waals surface area contributed by atoms with Crippen LogP contribution in [0.4, 0.5) is 10.3 Å². The van der Waals surface area contributed by atoms with Crippen molar-refractivity contribution in [2.75, 3.05) is 5.73 Å². The highest BCUT2D eigenvalue weighted by atomic mass is 35.5. The smallest absolute Gasteiger partial charge is 0.201 e. The van der Waals surface area contributed by atoms with Crippen molar-refractivity contribution in [3.63, 3.8) is 0 Å². The van der Waals surface area contributed by atoms with E-state index in [-0.39, 0.29) is 5.02 Å². The summed E-state index contributed by atoms with van der Waals surface area (Å²) in [6.45, 7) is 5.02. The Morgan fingerprint density at radius 2 is 2.24 bits per heavy atom. The van der Waals surface area contributed by atoms with Gasteiger partial charge in [0.25, 0.3) is 0 Å². The lowest BCUT2D eigenvalue weighted by Crippen LogP contribution is -2.09. The Morgan fingerprint density at radius 1 is 1.53 bits per heavy atom. The summed E-state index contributed by atoms with van der Waals surface area (Å²) in [4.78, 5) is 4.14. The highest BCUT2D eigenvalue weighted by Crippen LogP contribution is 2.25. The third-order valence-corrected chi connectivity index (χ3v) is 3.30. The van der Waals surface area contributed by atoms with E-state index in [0.29, 0.717) is 17.4 Å². The first kappa shape index (κ1) is 12.2. The summed E-state index contributed by atoms with van der Waals surface area (Å²) in [5.74, 6) is 0.424. The van der Waals surface area contributed by atoms with E-state index >= 15 is 0 Å². The summed E-state index contributed by atoms with van der Waals surface area (Å²) in [7, 11) is 0. The van der Waals surface area contributed by atoms with E-state index in [2.05, 4.69) is 18.8 Å². The van der Waals surface area contributed by atoms with Gasteiger partial charge in [0.05, 0.1) is 16.1 Å². The molecule has 3 nitrogen and oxygen atoms in total. The van der Waals surface area contributed by atoms with Gasteiger partial charge < -0.3 is 10.3 Å². The fraction of sp³-hybridized carbons (Fsp3) is 0.417. The minimum atomic E-state index is -0.465. The van der Waals surface area contributed by atoms with E-state index in [1.165, 1.54) is 6.07 Å². The van der Waals surface area contributed by atoms with Crippen molar-refractivity contribution in [3.8, 4) is 0 Å². The van der Waals surface area contributed by atoms with Gasteiger partial charge in [0.1, 0.15) is 5.82 Å². The number of benzene rings is 1. The Labute approximate surface area is 104 Å². The number of halogens is 2. The summed E-state index contributed by atoms with van der Waals surface area (Å²) in [5.41, 5.74) is 7.18. The standard InChI is InChI=1S/C12H15ClFN3/c1-3-7(2)6-17-11-4-8(13)9(14)5-10(11)16-12(17)15/h4-5,7H,3,6H2,1-2H3,(H2,15,16). The molecule has 0 radical (unpaired) electrons. The van der Waals surface area contributed by atoms with E-state index in [9.17, 15) is 4.39 Å². The van der Waals surface area contributed by atoms with Gasteiger partial charge in [0.2, 0.25) is 5.95 Å². The fourth-order valence-corrected chi connectivity index (χ4v) is 1.93. The van der Waals surface area contributed by atoms with Crippen LogP contribution in [-0.2, 0) is 6.54 Å². The first-order valence-electron chi connectivity index (χ1n) is 5.63. The molecule has 0 saturated carbocycles. The zero-order valence-electron chi connectivity index (χ0n) is 9.87. The number of fused-ring (bicyclic) bond motifs is 1. The molecule has 0 bridgehead atoms. The van der Waals surface area contributed by atoms with Crippen molar-refractivity contribution in [2.24, 2.45) is 5.92 Å². The number of imidazole rings is 1. The van der Waals surface area contributed by atoms with Crippen molar-refractivity contribution >= 4 is 28.6 Å². The number of hydrogen-bond acceptors (Lipinski definition) is 2. The third kappa shape index (κ3) is 2.22. The topological polar surface area (TPSA) is 43.8 Å². The first-order chi connectivity index (χ1) is 8.02. The largest absolute Gasteiger partial charge is 0.369 e. The summed E-state index contributed by atoms with van der Waals surface area (Å²) < 4.78 is 15.2. The molecule has 2 aromatic rings. The van der Waals surface area contributed by atoms with Gasteiger partial charge in [-0.3, -0.25) is 0 Å². The summed E-state index contributed by atoms with van der Waals surface area (Å²) >= 11 is 5.78. The number of hydrogen-bond donors (Lipinski definition) is 1. The summed E-state index contributed by atoms with van der Waals surface area (Å²) in [6.07, 6.45) is 1.05. The van der Waals surface area contributed by atoms with Crippen molar-refractivity contribution in [3.05, 3.63) is 23.0 Å². The van der Waals surface area contributed by atoms with E-state index < -0.39 is 5.82 Å². The van der Waals surface area contributed by atoms with E-state index in [4.69, 9.17) is 17.3 Å². The van der Waals surface area contributed by atoms with E-state index in [0.717, 1.165) is 18.5 Å². The molecule has 0 aliphatic carbocycles. The molecule has 5 heteroatoms. The quantitative estimate of drug-likeness (QED) is 0.913. The zero-order valence-corrected chi connectivity index (χ0v) is 10.6. The molecule has 2 N–H and O–H groups in total. The van der Waals surface area contributed by atoms with E-state index in [1.807, 2.05) is 4.57 Å². The van der Waals surface area contributed by atoms with Crippen LogP contribution in [0.3, 0.4) is 0 Å². The normalized spacial score (nSPS) is 13.2. The molecular weight excluding hydrogens is 241 g/mol. The maximum Gasteiger partial charge on any atom is 0.201 e. The predicted octanol–water partition coefficient (Wildman–Crippen LogP) is 3.46. The molecule has 17 heavy (non-hydrogen) atoms. The van der Waals surface area contributed by atoms with Crippen molar-refractivity contribution < 1.29 is 4.39 Å². The monoisotopic (exact) mass is 255 g/mol. The Morgan fingerprint density at radius 3 is 2.88 bits per heavy atom. The molecule has 1 atom stereocenters. The van der Waals surface area contributed by atoms with Gasteiger partial charge in [0, 0.05) is 12.6 Å². The number of nitrogen functional groups attached to an aromatic ring is 1. The van der Waals surface area contributed by atoms with Gasteiger partial charge in [-0.15, -0.1) is 0 Å². The maximum absolute atomic E-state index is 13.3. The maximum atomic E-state index is 13.3. The molecule has 0 fully saturated rings. The lowest BCUT2D eigenvalue weighted by atomic mass is 10.1. The fourth-order valence-electron chi connectivity index (χ4n) is 1.77. The van der Waals surface area contributed by atoms with Gasteiger partial charge in [-0.25, -0.2) is 9.37 Å². The summed E-state index contributed by atoms with van der Waals surface area (Å²) in [5, 5.41) is 0.0998. The minimum Gasteiger partial charge on any atom is -0.369 e. The van der Waals surface area contributed by atoms with Crippen LogP contribution >= 0.6 is 11.6 Å². The number of rotatable bonds is 3. The van der Waals surface area contributed by atoms with Gasteiger partial charge >= 0.3 is 0 Å². The summed E-state index contributed by atoms with van der Waals surface area (Å²) in [6, 6.07) is 2.90. The Balaban J connectivity index is 2.54. The van der Waals surface area contributed by atoms with Crippen LogP contribution in [0, 0.1) is 11.7 Å². The highest BCUT2D eigenvalue weighted by Gasteiger charge is 2.13. The third-order valence-electron chi connectivity index (χ3n) is 3.01. The molecule has 0 aliphatic rings. The molecule has 0 saturated heterocycles. The first-order valence-corrected chi connectivity index (χ1v) is 6.01. The Hall–Kier alpha value is -1.29. The Kier molecular flexibility index (Phi) is 3.24. The predicted molar refractivity (Wildman–Crippen MR) is 68.6 cm³/mol. The molecule has 92 valence electrons. The number of aromatic nitrogens is 2. The SMILES string of the molecule is CCC(C)Cn1c(N)nc2cc(F)c(Cl)cc21. The van der Waals surface area contributed by atoms with Crippen LogP contribution in [0.2, 0.25) is 5.02 Å². The Bertz CT molecular complexity index is 550. The number of anilines is 1. The van der Waals surface area contributed by atoms with Crippen molar-refractivity contribution in [1.82, 2.24) is 9.55 Å². The van der Waals surface area contributed by atoms with Gasteiger partial charge in [-0.1, -0.05) is 31.9 Å². The second kappa shape index (κ2) is 4.53. The van der Waals surface area contributed by atoms with Gasteiger partial charge in [-0.05, 0) is 12.0 Å². The zero-order chi connectivity index (χ0) is 12.6. The van der Waals surface area contributed by atoms with Crippen LogP contribution in [0.25, 0.3) is 11.0 Å². The highest BCUT2D eigenvalue weighted by molar-refractivity contribution is 6.31. The second-order valence-corrected chi connectivity index (χ2v) is 4.76. The van der Waals surface area contributed by atoms with Crippen LogP contribution in [0.1, 0.15) is 20.3 Å². The molecule has 0 aliphatic heterocycles. The van der Waals surface area contributed by atoms with Crippen LogP contribution < -0.4 is 5.73 Å². The van der Waals surface area contributed by atoms with E-state index in [1.54, 1.807) is 6.07 Å². The lowest BCUT2D eigenvalue weighted by Gasteiger charge is -2.11. The molecular formula is C12H15ClFN3. The van der Waals surface area contributed by atoms with Crippen LogP contribution in [0.5, 0.6) is 0 Å². The van der Waals surface area contributed by atoms with Crippen molar-refractivity contribution in [2.45, 2.75) is 26.8 Å². The van der Waals surface area contributed by atoms with Crippen molar-refractivity contribution in [1.29, 1.82) is 0 Å². The molecule has 0 spiro atoms.